The molecular formula is C6H12N2. The first-order valence-electron chi connectivity index (χ1n) is 2.70. The Labute approximate surface area is 50.1 Å². The summed E-state index contributed by atoms with van der Waals surface area (Å²) < 4.78 is 0. The van der Waals surface area contributed by atoms with Gasteiger partial charge in [0.15, 0.2) is 0 Å². The van der Waals surface area contributed by atoms with Gasteiger partial charge in [0.05, 0.1) is 6.34 Å². The first-order chi connectivity index (χ1) is 3.81. The van der Waals surface area contributed by atoms with Crippen LogP contribution in [-0.4, -0.2) is 12.9 Å². The summed E-state index contributed by atoms with van der Waals surface area (Å²) in [5.74, 6) is 0. The van der Waals surface area contributed by atoms with E-state index in [1.54, 1.807) is 0 Å². The van der Waals surface area contributed by atoms with Crippen LogP contribution in [0.15, 0.2) is 12.2 Å². The minimum atomic E-state index is 0.736. The van der Waals surface area contributed by atoms with Crippen molar-refractivity contribution < 1.29 is 0 Å². The molecule has 0 heterocycles. The van der Waals surface area contributed by atoms with Gasteiger partial charge >= 0.3 is 0 Å². The molecule has 0 fully saturated rings. The largest absolute Gasteiger partial charge is 0.373 e. The molecule has 0 amide bonds. The van der Waals surface area contributed by atoms with Crippen molar-refractivity contribution in [3.63, 3.8) is 0 Å². The van der Waals surface area contributed by atoms with Crippen LogP contribution in [0.5, 0.6) is 0 Å². The summed E-state index contributed by atoms with van der Waals surface area (Å²) in [5.41, 5.74) is 1.13. The lowest BCUT2D eigenvalue weighted by atomic mass is 10.2. The molecule has 0 aliphatic rings. The van der Waals surface area contributed by atoms with E-state index in [0.29, 0.717) is 0 Å². The molecule has 0 atom stereocenters. The van der Waals surface area contributed by atoms with Crippen molar-refractivity contribution in [1.82, 2.24) is 5.32 Å². The molecule has 0 aromatic carbocycles. The van der Waals surface area contributed by atoms with Gasteiger partial charge in [-0.15, -0.1) is 0 Å². The Balaban J connectivity index is 3.11. The molecular weight excluding hydrogens is 100 g/mol. The maximum Gasteiger partial charge on any atom is 0.0793 e. The Morgan fingerprint density at radius 1 is 1.88 bits per heavy atom. The molecule has 8 heavy (non-hydrogen) atoms. The Hall–Kier alpha value is -0.790. The standard InChI is InChI=1S/C6H12N2/c1-3-6(2)4-8-5-7/h5H,2-4H2,1H3,(H2,7,8). The lowest BCUT2D eigenvalue weighted by molar-refractivity contribution is 0.936. The van der Waals surface area contributed by atoms with Crippen LogP contribution in [0, 0.1) is 5.41 Å². The van der Waals surface area contributed by atoms with Gasteiger partial charge in [-0.1, -0.05) is 19.1 Å². The van der Waals surface area contributed by atoms with E-state index in [2.05, 4.69) is 11.9 Å². The van der Waals surface area contributed by atoms with Crippen molar-refractivity contribution in [2.75, 3.05) is 6.54 Å². The fourth-order valence-electron chi connectivity index (χ4n) is 0.320. The van der Waals surface area contributed by atoms with Crippen LogP contribution in [0.4, 0.5) is 0 Å². The van der Waals surface area contributed by atoms with Crippen LogP contribution in [0.3, 0.4) is 0 Å². The Bertz CT molecular complexity index is 86.5. The third-order valence-corrected chi connectivity index (χ3v) is 0.954. The van der Waals surface area contributed by atoms with E-state index in [-0.39, 0.29) is 0 Å². The molecule has 2 N–H and O–H groups in total. The zero-order chi connectivity index (χ0) is 6.41. The minimum Gasteiger partial charge on any atom is -0.373 e. The molecule has 0 rings (SSSR count). The molecule has 0 aromatic heterocycles. The summed E-state index contributed by atoms with van der Waals surface area (Å²) in [5, 5.41) is 9.33. The van der Waals surface area contributed by atoms with Crippen molar-refractivity contribution >= 4 is 6.34 Å². The maximum atomic E-state index is 6.59. The first kappa shape index (κ1) is 7.21. The maximum absolute atomic E-state index is 6.59. The van der Waals surface area contributed by atoms with E-state index >= 15 is 0 Å². The van der Waals surface area contributed by atoms with Gasteiger partial charge in [-0.2, -0.15) is 0 Å². The molecule has 46 valence electrons. The normalized spacial score (nSPS) is 8.12. The highest BCUT2D eigenvalue weighted by Crippen LogP contribution is 1.90. The third kappa shape index (κ3) is 3.40. The average molecular weight is 112 g/mol. The SMILES string of the molecule is C=C(CC)CNC=N. The third-order valence-electron chi connectivity index (χ3n) is 0.954. The molecule has 2 nitrogen and oxygen atoms in total. The predicted octanol–water partition coefficient (Wildman–Crippen LogP) is 1.15. The quantitative estimate of drug-likeness (QED) is 0.319. The van der Waals surface area contributed by atoms with Gasteiger partial charge in [0.1, 0.15) is 0 Å². The summed E-state index contributed by atoms with van der Waals surface area (Å²) in [6.45, 7) is 6.53. The minimum absolute atomic E-state index is 0.736. The Morgan fingerprint density at radius 2 is 2.50 bits per heavy atom. The second-order valence-electron chi connectivity index (χ2n) is 1.63. The van der Waals surface area contributed by atoms with E-state index in [4.69, 9.17) is 5.41 Å². The Kier molecular flexibility index (Phi) is 3.94. The van der Waals surface area contributed by atoms with Gasteiger partial charge in [-0.25, -0.2) is 0 Å². The zero-order valence-electron chi connectivity index (χ0n) is 5.20. The van der Waals surface area contributed by atoms with E-state index in [1.807, 2.05) is 6.92 Å². The monoisotopic (exact) mass is 112 g/mol. The van der Waals surface area contributed by atoms with E-state index in [0.717, 1.165) is 18.5 Å². The lowest BCUT2D eigenvalue weighted by Gasteiger charge is -1.98. The summed E-state index contributed by atoms with van der Waals surface area (Å²) in [7, 11) is 0. The molecule has 0 saturated carbocycles. The summed E-state index contributed by atoms with van der Waals surface area (Å²) in [6, 6.07) is 0. The molecule has 0 aliphatic heterocycles. The number of hydrogen-bond donors (Lipinski definition) is 2. The Morgan fingerprint density at radius 3 is 2.88 bits per heavy atom. The van der Waals surface area contributed by atoms with Crippen LogP contribution < -0.4 is 5.32 Å². The highest BCUT2D eigenvalue weighted by molar-refractivity contribution is 5.50. The van der Waals surface area contributed by atoms with Gasteiger partial charge in [0, 0.05) is 6.54 Å². The first-order valence-corrected chi connectivity index (χ1v) is 2.70. The van der Waals surface area contributed by atoms with E-state index in [9.17, 15) is 0 Å². The average Bonchev–Trinajstić information content (AvgIpc) is 1.83. The van der Waals surface area contributed by atoms with Crippen molar-refractivity contribution in [3.05, 3.63) is 12.2 Å². The predicted molar refractivity (Wildman–Crippen MR) is 36.2 cm³/mol. The smallest absolute Gasteiger partial charge is 0.0793 e. The van der Waals surface area contributed by atoms with Crippen LogP contribution in [-0.2, 0) is 0 Å². The lowest BCUT2D eigenvalue weighted by Crippen LogP contribution is -2.12. The molecule has 0 bridgehead atoms. The molecule has 0 aromatic rings. The molecule has 0 saturated heterocycles. The molecule has 0 spiro atoms. The summed E-state index contributed by atoms with van der Waals surface area (Å²) in [6.07, 6.45) is 2.17. The topological polar surface area (TPSA) is 35.9 Å². The van der Waals surface area contributed by atoms with Gasteiger partial charge in [0.25, 0.3) is 0 Å². The van der Waals surface area contributed by atoms with Gasteiger partial charge in [-0.05, 0) is 6.42 Å². The molecule has 0 unspecified atom stereocenters. The molecule has 0 radical (unpaired) electrons. The molecule has 0 aliphatic carbocycles. The van der Waals surface area contributed by atoms with Gasteiger partial charge in [0.2, 0.25) is 0 Å². The van der Waals surface area contributed by atoms with Gasteiger partial charge in [-0.3, -0.25) is 5.41 Å². The van der Waals surface area contributed by atoms with E-state index < -0.39 is 0 Å². The summed E-state index contributed by atoms with van der Waals surface area (Å²) >= 11 is 0. The number of hydrogen-bond acceptors (Lipinski definition) is 1. The fraction of sp³-hybridized carbons (Fsp3) is 0.500. The second-order valence-corrected chi connectivity index (χ2v) is 1.63. The summed E-state index contributed by atoms with van der Waals surface area (Å²) in [4.78, 5) is 0. The van der Waals surface area contributed by atoms with Crippen molar-refractivity contribution in [2.45, 2.75) is 13.3 Å². The van der Waals surface area contributed by atoms with Crippen molar-refractivity contribution in [1.29, 1.82) is 5.41 Å². The number of nitrogens with one attached hydrogen (secondary N) is 2. The highest BCUT2D eigenvalue weighted by Gasteiger charge is 1.83. The number of rotatable bonds is 4. The van der Waals surface area contributed by atoms with Crippen LogP contribution in [0.1, 0.15) is 13.3 Å². The fourth-order valence-corrected chi connectivity index (χ4v) is 0.320. The molecule has 2 heteroatoms. The van der Waals surface area contributed by atoms with Crippen molar-refractivity contribution in [2.24, 2.45) is 0 Å². The van der Waals surface area contributed by atoms with E-state index in [1.165, 1.54) is 6.34 Å². The second kappa shape index (κ2) is 4.37. The highest BCUT2D eigenvalue weighted by atomic mass is 14.9. The van der Waals surface area contributed by atoms with Crippen LogP contribution >= 0.6 is 0 Å². The zero-order valence-corrected chi connectivity index (χ0v) is 5.20. The van der Waals surface area contributed by atoms with Crippen LogP contribution in [0.2, 0.25) is 0 Å². The van der Waals surface area contributed by atoms with Crippen LogP contribution in [0.25, 0.3) is 0 Å². The van der Waals surface area contributed by atoms with Crippen molar-refractivity contribution in [3.8, 4) is 0 Å². The van der Waals surface area contributed by atoms with Gasteiger partial charge < -0.3 is 5.32 Å².